The van der Waals surface area contributed by atoms with E-state index in [0.29, 0.717) is 13.0 Å². The smallest absolute Gasteiger partial charge is 0.307 e. The van der Waals surface area contributed by atoms with Gasteiger partial charge in [-0.15, -0.1) is 0 Å². The molecule has 0 aromatic carbocycles. The predicted molar refractivity (Wildman–Crippen MR) is 46.1 cm³/mol. The second kappa shape index (κ2) is 7.54. The highest BCUT2D eigenvalue weighted by molar-refractivity contribution is 5.69. The predicted octanol–water partition coefficient (Wildman–Crippen LogP) is -0.298. The highest BCUT2D eigenvalue weighted by atomic mass is 16.6. The molecule has 0 fully saturated rings. The largest absolute Gasteiger partial charge is 0.462 e. The van der Waals surface area contributed by atoms with Gasteiger partial charge in [0.2, 0.25) is 0 Å². The molecule has 0 aliphatic rings. The molecule has 0 unspecified atom stereocenters. The van der Waals surface area contributed by atoms with Gasteiger partial charge in [-0.2, -0.15) is 0 Å². The van der Waals surface area contributed by atoms with Crippen LogP contribution in [0, 0.1) is 0 Å². The van der Waals surface area contributed by atoms with E-state index in [2.05, 4.69) is 10.1 Å². The lowest BCUT2D eigenvalue weighted by Gasteiger charge is -2.04. The molecule has 0 spiro atoms. The van der Waals surface area contributed by atoms with Crippen molar-refractivity contribution in [2.45, 2.75) is 13.3 Å². The summed E-state index contributed by atoms with van der Waals surface area (Å²) >= 11 is 0. The number of carbonyl (C=O) groups excluding carboxylic acids is 2. The van der Waals surface area contributed by atoms with Gasteiger partial charge in [-0.1, -0.05) is 0 Å². The maximum atomic E-state index is 10.8. The summed E-state index contributed by atoms with van der Waals surface area (Å²) in [5, 5.41) is 2.82. The van der Waals surface area contributed by atoms with Gasteiger partial charge >= 0.3 is 11.9 Å². The van der Waals surface area contributed by atoms with Crippen molar-refractivity contribution in [2.75, 3.05) is 26.8 Å². The Morgan fingerprint density at radius 2 is 1.85 bits per heavy atom. The normalized spacial score (nSPS) is 9.38. The van der Waals surface area contributed by atoms with Gasteiger partial charge in [0, 0.05) is 13.5 Å². The number of hydrogen-bond acceptors (Lipinski definition) is 5. The summed E-state index contributed by atoms with van der Waals surface area (Å²) in [7, 11) is 1.76. The Morgan fingerprint density at radius 1 is 1.23 bits per heavy atom. The van der Waals surface area contributed by atoms with Gasteiger partial charge in [-0.3, -0.25) is 9.59 Å². The van der Waals surface area contributed by atoms with Crippen LogP contribution in [0.15, 0.2) is 0 Å². The minimum atomic E-state index is -0.369. The van der Waals surface area contributed by atoms with E-state index >= 15 is 0 Å². The Morgan fingerprint density at radius 3 is 2.38 bits per heavy atom. The molecule has 1 N–H and O–H groups in total. The Balaban J connectivity index is 3.22. The fraction of sp³-hybridized carbons (Fsp3) is 0.750. The van der Waals surface area contributed by atoms with E-state index in [1.54, 1.807) is 7.05 Å². The highest BCUT2D eigenvalue weighted by Crippen LogP contribution is 1.85. The minimum absolute atomic E-state index is 0.126. The summed E-state index contributed by atoms with van der Waals surface area (Å²) in [6.07, 6.45) is 0.330. The Labute approximate surface area is 77.4 Å². The first-order chi connectivity index (χ1) is 6.16. The zero-order chi connectivity index (χ0) is 10.1. The average Bonchev–Trinajstić information content (AvgIpc) is 2.08. The maximum absolute atomic E-state index is 10.8. The molecule has 0 radical (unpaired) electrons. The molecule has 0 aromatic heterocycles. The summed E-state index contributed by atoms with van der Waals surface area (Å²) in [5.74, 6) is -0.659. The molecular formula is C8H15NO4. The zero-order valence-corrected chi connectivity index (χ0v) is 7.96. The summed E-state index contributed by atoms with van der Waals surface area (Å²) in [5.41, 5.74) is 0. The van der Waals surface area contributed by atoms with Crippen LogP contribution in [0.2, 0.25) is 0 Å². The molecule has 0 bridgehead atoms. The van der Waals surface area contributed by atoms with Crippen molar-refractivity contribution in [3.8, 4) is 0 Å². The van der Waals surface area contributed by atoms with Crippen LogP contribution in [-0.4, -0.2) is 38.7 Å². The SMILES string of the molecule is CNCCC(=O)OCCOC(C)=O. The summed E-state index contributed by atoms with van der Waals surface area (Å²) in [6.45, 7) is 2.15. The van der Waals surface area contributed by atoms with Crippen molar-refractivity contribution in [1.82, 2.24) is 5.32 Å². The van der Waals surface area contributed by atoms with E-state index < -0.39 is 0 Å². The van der Waals surface area contributed by atoms with E-state index in [9.17, 15) is 9.59 Å². The Bertz CT molecular complexity index is 170. The summed E-state index contributed by atoms with van der Waals surface area (Å²) < 4.78 is 9.30. The lowest BCUT2D eigenvalue weighted by atomic mass is 10.4. The average molecular weight is 189 g/mol. The minimum Gasteiger partial charge on any atom is -0.462 e. The number of nitrogens with one attached hydrogen (secondary N) is 1. The van der Waals surface area contributed by atoms with Crippen LogP contribution in [0.4, 0.5) is 0 Å². The molecule has 76 valence electrons. The van der Waals surface area contributed by atoms with Crippen LogP contribution in [0.3, 0.4) is 0 Å². The molecule has 13 heavy (non-hydrogen) atoms. The highest BCUT2D eigenvalue weighted by Gasteiger charge is 2.01. The number of esters is 2. The first-order valence-electron chi connectivity index (χ1n) is 4.10. The molecular weight excluding hydrogens is 174 g/mol. The monoisotopic (exact) mass is 189 g/mol. The van der Waals surface area contributed by atoms with Gasteiger partial charge in [0.05, 0.1) is 6.42 Å². The van der Waals surface area contributed by atoms with Crippen LogP contribution in [-0.2, 0) is 19.1 Å². The van der Waals surface area contributed by atoms with Gasteiger partial charge in [-0.05, 0) is 7.05 Å². The maximum Gasteiger partial charge on any atom is 0.307 e. The lowest BCUT2D eigenvalue weighted by molar-refractivity contribution is -0.150. The quantitative estimate of drug-likeness (QED) is 0.459. The molecule has 0 amide bonds. The topological polar surface area (TPSA) is 64.6 Å². The Hall–Kier alpha value is -1.10. The van der Waals surface area contributed by atoms with Gasteiger partial charge in [0.25, 0.3) is 0 Å². The molecule has 5 nitrogen and oxygen atoms in total. The van der Waals surface area contributed by atoms with E-state index in [0.717, 1.165) is 0 Å². The fourth-order valence-electron chi connectivity index (χ4n) is 0.640. The fourth-order valence-corrected chi connectivity index (χ4v) is 0.640. The zero-order valence-electron chi connectivity index (χ0n) is 7.96. The van der Waals surface area contributed by atoms with E-state index in [4.69, 9.17) is 4.74 Å². The van der Waals surface area contributed by atoms with Crippen LogP contribution in [0.25, 0.3) is 0 Å². The second-order valence-electron chi connectivity index (χ2n) is 2.41. The van der Waals surface area contributed by atoms with E-state index in [1.807, 2.05) is 0 Å². The second-order valence-corrected chi connectivity index (χ2v) is 2.41. The molecule has 0 aliphatic carbocycles. The van der Waals surface area contributed by atoms with Crippen molar-refractivity contribution >= 4 is 11.9 Å². The molecule has 0 heterocycles. The number of carbonyl (C=O) groups is 2. The molecule has 0 aliphatic heterocycles. The third kappa shape index (κ3) is 8.81. The first-order valence-corrected chi connectivity index (χ1v) is 4.10. The van der Waals surface area contributed by atoms with Gasteiger partial charge < -0.3 is 14.8 Å². The molecule has 0 rings (SSSR count). The van der Waals surface area contributed by atoms with Crippen molar-refractivity contribution in [1.29, 1.82) is 0 Å². The molecule has 0 saturated carbocycles. The number of ether oxygens (including phenoxy) is 2. The molecule has 5 heteroatoms. The molecule has 0 atom stereocenters. The van der Waals surface area contributed by atoms with Crippen LogP contribution in [0.5, 0.6) is 0 Å². The summed E-state index contributed by atoms with van der Waals surface area (Å²) in [4.78, 5) is 21.1. The van der Waals surface area contributed by atoms with Crippen molar-refractivity contribution < 1.29 is 19.1 Å². The molecule has 0 saturated heterocycles. The van der Waals surface area contributed by atoms with Gasteiger partial charge in [0.15, 0.2) is 0 Å². The Kier molecular flexibility index (Phi) is 6.91. The van der Waals surface area contributed by atoms with Crippen LogP contribution in [0.1, 0.15) is 13.3 Å². The van der Waals surface area contributed by atoms with Crippen LogP contribution < -0.4 is 5.32 Å². The van der Waals surface area contributed by atoms with Gasteiger partial charge in [-0.25, -0.2) is 0 Å². The third-order valence-corrected chi connectivity index (χ3v) is 1.23. The van der Waals surface area contributed by atoms with Crippen LogP contribution >= 0.6 is 0 Å². The van der Waals surface area contributed by atoms with Crippen molar-refractivity contribution in [2.24, 2.45) is 0 Å². The lowest BCUT2D eigenvalue weighted by Crippen LogP contribution is -2.17. The van der Waals surface area contributed by atoms with Gasteiger partial charge in [0.1, 0.15) is 13.2 Å². The van der Waals surface area contributed by atoms with E-state index in [-0.39, 0.29) is 25.2 Å². The summed E-state index contributed by atoms with van der Waals surface area (Å²) in [6, 6.07) is 0. The third-order valence-electron chi connectivity index (χ3n) is 1.23. The standard InChI is InChI=1S/C8H15NO4/c1-7(10)12-5-6-13-8(11)3-4-9-2/h9H,3-6H2,1-2H3. The van der Waals surface area contributed by atoms with Crippen molar-refractivity contribution in [3.63, 3.8) is 0 Å². The first kappa shape index (κ1) is 11.9. The number of hydrogen-bond donors (Lipinski definition) is 1. The van der Waals surface area contributed by atoms with Crippen molar-refractivity contribution in [3.05, 3.63) is 0 Å². The number of rotatable bonds is 6. The van der Waals surface area contributed by atoms with E-state index in [1.165, 1.54) is 6.92 Å². The molecule has 0 aromatic rings.